The molecule has 2 aromatic carbocycles. The van der Waals surface area contributed by atoms with Gasteiger partial charge in [0, 0.05) is 18.4 Å². The van der Waals surface area contributed by atoms with Crippen LogP contribution in [0.1, 0.15) is 42.3 Å². The van der Waals surface area contributed by atoms with Crippen molar-refractivity contribution in [2.24, 2.45) is 5.92 Å². The third-order valence-corrected chi connectivity index (χ3v) is 5.03. The molecule has 1 amide bonds. The van der Waals surface area contributed by atoms with Crippen molar-refractivity contribution >= 4 is 5.91 Å². The summed E-state index contributed by atoms with van der Waals surface area (Å²) in [6.45, 7) is 1.70. The normalized spacial score (nSPS) is 14.6. The van der Waals surface area contributed by atoms with Crippen molar-refractivity contribution in [1.29, 1.82) is 0 Å². The average Bonchev–Trinajstić information content (AvgIpc) is 3.44. The van der Waals surface area contributed by atoms with Gasteiger partial charge in [0.05, 0.1) is 6.04 Å². The fraction of sp³-hybridized carbons (Fsp3) is 0.318. The lowest BCUT2D eigenvalue weighted by Crippen LogP contribution is -2.30. The molecule has 1 heterocycles. The van der Waals surface area contributed by atoms with Gasteiger partial charge >= 0.3 is 0 Å². The molecular formula is C22H22FN3O2. The predicted octanol–water partition coefficient (Wildman–Crippen LogP) is 4.38. The van der Waals surface area contributed by atoms with Crippen LogP contribution in [0.25, 0.3) is 11.4 Å². The minimum atomic E-state index is -0.310. The Balaban J connectivity index is 1.36. The first-order valence-electron chi connectivity index (χ1n) is 9.53. The zero-order valence-electron chi connectivity index (χ0n) is 15.7. The lowest BCUT2D eigenvalue weighted by molar-refractivity contribution is -0.122. The summed E-state index contributed by atoms with van der Waals surface area (Å²) in [4.78, 5) is 16.7. The Hall–Kier alpha value is -3.02. The number of aromatic nitrogens is 2. The minimum absolute atomic E-state index is 0.0399. The quantitative estimate of drug-likeness (QED) is 0.661. The van der Waals surface area contributed by atoms with Crippen molar-refractivity contribution in [3.63, 3.8) is 0 Å². The Labute approximate surface area is 163 Å². The second-order valence-corrected chi connectivity index (χ2v) is 7.27. The lowest BCUT2D eigenvalue weighted by atomic mass is 10.0. The summed E-state index contributed by atoms with van der Waals surface area (Å²) < 4.78 is 18.9. The minimum Gasteiger partial charge on any atom is -0.349 e. The molecule has 1 fully saturated rings. The van der Waals surface area contributed by atoms with E-state index in [-0.39, 0.29) is 24.2 Å². The molecule has 28 heavy (non-hydrogen) atoms. The molecule has 5 nitrogen and oxygen atoms in total. The number of nitrogens with one attached hydrogen (secondary N) is 1. The lowest BCUT2D eigenvalue weighted by Gasteiger charge is -2.18. The molecule has 1 atom stereocenters. The van der Waals surface area contributed by atoms with Crippen molar-refractivity contribution in [2.45, 2.75) is 38.6 Å². The molecule has 3 aromatic rings. The van der Waals surface area contributed by atoms with Gasteiger partial charge < -0.3 is 9.84 Å². The number of benzene rings is 2. The molecule has 0 aliphatic heterocycles. The van der Waals surface area contributed by atoms with Gasteiger partial charge in [-0.05, 0) is 42.9 Å². The van der Waals surface area contributed by atoms with E-state index < -0.39 is 0 Å². The number of hydrogen-bond acceptors (Lipinski definition) is 4. The third kappa shape index (κ3) is 4.27. The van der Waals surface area contributed by atoms with Gasteiger partial charge in [-0.3, -0.25) is 4.79 Å². The van der Waals surface area contributed by atoms with Gasteiger partial charge in [-0.2, -0.15) is 4.98 Å². The van der Waals surface area contributed by atoms with Crippen LogP contribution in [-0.4, -0.2) is 16.0 Å². The van der Waals surface area contributed by atoms with E-state index in [2.05, 4.69) is 15.5 Å². The first-order chi connectivity index (χ1) is 13.6. The predicted molar refractivity (Wildman–Crippen MR) is 103 cm³/mol. The highest BCUT2D eigenvalue weighted by molar-refractivity contribution is 5.76. The monoisotopic (exact) mass is 379 g/mol. The van der Waals surface area contributed by atoms with Gasteiger partial charge in [0.15, 0.2) is 0 Å². The van der Waals surface area contributed by atoms with Crippen molar-refractivity contribution in [2.75, 3.05) is 0 Å². The van der Waals surface area contributed by atoms with Gasteiger partial charge in [0.2, 0.25) is 17.6 Å². The van der Waals surface area contributed by atoms with Crippen LogP contribution in [0.15, 0.2) is 53.1 Å². The van der Waals surface area contributed by atoms with Gasteiger partial charge in [-0.15, -0.1) is 0 Å². The summed E-state index contributed by atoms with van der Waals surface area (Å²) in [6.07, 6.45) is 2.89. The zero-order valence-corrected chi connectivity index (χ0v) is 15.7. The van der Waals surface area contributed by atoms with E-state index in [1.54, 1.807) is 19.1 Å². The number of nitrogens with zero attached hydrogens (tertiary/aromatic N) is 2. The summed E-state index contributed by atoms with van der Waals surface area (Å²) in [5.41, 5.74) is 2.26. The summed E-state index contributed by atoms with van der Waals surface area (Å²) in [6, 6.07) is 14.9. The summed E-state index contributed by atoms with van der Waals surface area (Å²) in [5, 5.41) is 7.04. The van der Waals surface area contributed by atoms with Crippen LogP contribution in [-0.2, 0) is 11.2 Å². The number of carbonyl (C=O) groups is 1. The third-order valence-electron chi connectivity index (χ3n) is 5.03. The maximum atomic E-state index is 13.7. The van der Waals surface area contributed by atoms with Crippen LogP contribution in [0.5, 0.6) is 0 Å². The van der Waals surface area contributed by atoms with Gasteiger partial charge in [0.1, 0.15) is 5.82 Å². The Morgan fingerprint density at radius 2 is 2.04 bits per heavy atom. The van der Waals surface area contributed by atoms with E-state index in [4.69, 9.17) is 4.52 Å². The van der Waals surface area contributed by atoms with Gasteiger partial charge in [0.25, 0.3) is 0 Å². The average molecular weight is 379 g/mol. The fourth-order valence-corrected chi connectivity index (χ4v) is 3.23. The standard InChI is InChI=1S/C22H22FN3O2/c1-14-7-8-17(13-18(14)23)22-25-20(28-26-22)12-11-19(27)24-21(16-9-10-16)15-5-3-2-4-6-15/h2-8,13,16,21H,9-12H2,1H3,(H,24,27). The highest BCUT2D eigenvalue weighted by Gasteiger charge is 2.33. The molecule has 0 bridgehead atoms. The highest BCUT2D eigenvalue weighted by Crippen LogP contribution is 2.40. The van der Waals surface area contributed by atoms with E-state index in [0.717, 1.165) is 18.4 Å². The van der Waals surface area contributed by atoms with E-state index in [9.17, 15) is 9.18 Å². The summed E-state index contributed by atoms with van der Waals surface area (Å²) in [5.74, 6) is 0.859. The molecule has 0 spiro atoms. The largest absolute Gasteiger partial charge is 0.349 e. The van der Waals surface area contributed by atoms with Crippen LogP contribution in [0.3, 0.4) is 0 Å². The number of aryl methyl sites for hydroxylation is 2. The van der Waals surface area contributed by atoms with Gasteiger partial charge in [-0.1, -0.05) is 47.6 Å². The Kier molecular flexibility index (Phi) is 5.19. The molecule has 6 heteroatoms. The SMILES string of the molecule is Cc1ccc(-c2noc(CCC(=O)NC(c3ccccc3)C3CC3)n2)cc1F. The zero-order chi connectivity index (χ0) is 19.5. The first kappa shape index (κ1) is 18.3. The molecule has 1 saturated carbocycles. The Morgan fingerprint density at radius 3 is 2.75 bits per heavy atom. The second-order valence-electron chi connectivity index (χ2n) is 7.27. The molecule has 1 aliphatic rings. The molecule has 1 aromatic heterocycles. The number of amides is 1. The van der Waals surface area contributed by atoms with Gasteiger partial charge in [-0.25, -0.2) is 4.39 Å². The highest BCUT2D eigenvalue weighted by atomic mass is 19.1. The van der Waals surface area contributed by atoms with Crippen LogP contribution >= 0.6 is 0 Å². The van der Waals surface area contributed by atoms with Crippen LogP contribution in [0.2, 0.25) is 0 Å². The maximum absolute atomic E-state index is 13.7. The molecule has 0 saturated heterocycles. The molecular weight excluding hydrogens is 357 g/mol. The smallest absolute Gasteiger partial charge is 0.227 e. The molecule has 1 aliphatic carbocycles. The van der Waals surface area contributed by atoms with E-state index >= 15 is 0 Å². The van der Waals surface area contributed by atoms with E-state index in [1.807, 2.05) is 30.3 Å². The first-order valence-corrected chi connectivity index (χ1v) is 9.53. The van der Waals surface area contributed by atoms with Crippen LogP contribution in [0, 0.1) is 18.7 Å². The Morgan fingerprint density at radius 1 is 1.25 bits per heavy atom. The number of rotatable bonds is 7. The van der Waals surface area contributed by atoms with Crippen molar-refractivity contribution in [1.82, 2.24) is 15.5 Å². The summed E-state index contributed by atoms with van der Waals surface area (Å²) >= 11 is 0. The number of hydrogen-bond donors (Lipinski definition) is 1. The number of carbonyl (C=O) groups excluding carboxylic acids is 1. The van der Waals surface area contributed by atoms with Crippen LogP contribution < -0.4 is 5.32 Å². The van der Waals surface area contributed by atoms with Crippen molar-refractivity contribution in [3.05, 3.63) is 71.4 Å². The fourth-order valence-electron chi connectivity index (χ4n) is 3.23. The van der Waals surface area contributed by atoms with E-state index in [1.165, 1.54) is 6.07 Å². The maximum Gasteiger partial charge on any atom is 0.227 e. The van der Waals surface area contributed by atoms with E-state index in [0.29, 0.717) is 35.2 Å². The van der Waals surface area contributed by atoms with Crippen molar-refractivity contribution < 1.29 is 13.7 Å². The second kappa shape index (κ2) is 7.92. The summed E-state index contributed by atoms with van der Waals surface area (Å²) in [7, 11) is 0. The molecule has 144 valence electrons. The molecule has 1 N–H and O–H groups in total. The molecule has 4 rings (SSSR count). The molecule has 1 unspecified atom stereocenters. The van der Waals surface area contributed by atoms with Crippen LogP contribution in [0.4, 0.5) is 4.39 Å². The Bertz CT molecular complexity index is 967. The van der Waals surface area contributed by atoms with Crippen molar-refractivity contribution in [3.8, 4) is 11.4 Å². The topological polar surface area (TPSA) is 68.0 Å². The molecule has 0 radical (unpaired) electrons. The number of halogens is 1.